The predicted molar refractivity (Wildman–Crippen MR) is 81.3 cm³/mol. The van der Waals surface area contributed by atoms with Crippen LogP contribution in [-0.2, 0) is 4.79 Å². The molecule has 1 saturated carbocycles. The average molecular weight is 289 g/mol. The van der Waals surface area contributed by atoms with Gasteiger partial charge < -0.3 is 9.64 Å². The quantitative estimate of drug-likeness (QED) is 0.617. The van der Waals surface area contributed by atoms with Crippen LogP contribution in [0.25, 0.3) is 0 Å². The number of hydrogen-bond donors (Lipinski definition) is 0. The van der Waals surface area contributed by atoms with Gasteiger partial charge in [-0.1, -0.05) is 18.9 Å². The largest absolute Gasteiger partial charge is 0.426 e. The van der Waals surface area contributed by atoms with Gasteiger partial charge in [0.25, 0.3) is 5.91 Å². The Labute approximate surface area is 126 Å². The van der Waals surface area contributed by atoms with E-state index in [0.717, 1.165) is 25.7 Å². The lowest BCUT2D eigenvalue weighted by Crippen LogP contribution is -2.30. The normalized spacial score (nSPS) is 15.0. The number of ether oxygens (including phenoxy) is 1. The molecule has 0 aromatic heterocycles. The Hall–Kier alpha value is -1.84. The standard InChI is InChI=1S/C17H23NO3/c1-3-18(4-2)16(19)14-10-7-11-15(12-14)21-17(20)13-8-5-6-9-13/h7,10-13H,3-6,8-9H2,1-2H3. The van der Waals surface area contributed by atoms with E-state index in [1.54, 1.807) is 29.2 Å². The second kappa shape index (κ2) is 7.25. The summed E-state index contributed by atoms with van der Waals surface area (Å²) in [5, 5.41) is 0. The van der Waals surface area contributed by atoms with Gasteiger partial charge in [-0.05, 0) is 44.9 Å². The molecule has 2 rings (SSSR count). The second-order valence-electron chi connectivity index (χ2n) is 5.41. The third kappa shape index (κ3) is 3.84. The van der Waals surface area contributed by atoms with Gasteiger partial charge in [-0.25, -0.2) is 0 Å². The summed E-state index contributed by atoms with van der Waals surface area (Å²) in [6.45, 7) is 5.24. The van der Waals surface area contributed by atoms with Gasteiger partial charge >= 0.3 is 5.97 Å². The molecule has 0 saturated heterocycles. The van der Waals surface area contributed by atoms with Crippen molar-refractivity contribution in [1.82, 2.24) is 4.90 Å². The van der Waals surface area contributed by atoms with Crippen LogP contribution in [0.5, 0.6) is 5.75 Å². The summed E-state index contributed by atoms with van der Waals surface area (Å²) in [7, 11) is 0. The van der Waals surface area contributed by atoms with Gasteiger partial charge in [0.2, 0.25) is 0 Å². The van der Waals surface area contributed by atoms with Crippen LogP contribution in [0.15, 0.2) is 24.3 Å². The smallest absolute Gasteiger partial charge is 0.314 e. The molecule has 1 aliphatic carbocycles. The molecular weight excluding hydrogens is 266 g/mol. The van der Waals surface area contributed by atoms with Crippen LogP contribution in [0.2, 0.25) is 0 Å². The topological polar surface area (TPSA) is 46.6 Å². The number of amides is 1. The lowest BCUT2D eigenvalue weighted by molar-refractivity contribution is -0.138. The highest BCUT2D eigenvalue weighted by atomic mass is 16.5. The summed E-state index contributed by atoms with van der Waals surface area (Å²) >= 11 is 0. The molecule has 0 bridgehead atoms. The third-order valence-electron chi connectivity index (χ3n) is 4.04. The minimum Gasteiger partial charge on any atom is -0.426 e. The SMILES string of the molecule is CCN(CC)C(=O)c1cccc(OC(=O)C2CCCC2)c1. The van der Waals surface area contributed by atoms with Gasteiger partial charge in [-0.2, -0.15) is 0 Å². The van der Waals surface area contributed by atoms with E-state index in [9.17, 15) is 9.59 Å². The fourth-order valence-corrected chi connectivity index (χ4v) is 2.75. The van der Waals surface area contributed by atoms with E-state index in [2.05, 4.69) is 0 Å². The van der Waals surface area contributed by atoms with Crippen molar-refractivity contribution in [1.29, 1.82) is 0 Å². The maximum atomic E-state index is 12.3. The van der Waals surface area contributed by atoms with Crippen molar-refractivity contribution in [2.45, 2.75) is 39.5 Å². The van der Waals surface area contributed by atoms with Gasteiger partial charge in [0, 0.05) is 18.7 Å². The van der Waals surface area contributed by atoms with Gasteiger partial charge in [0.05, 0.1) is 5.92 Å². The first kappa shape index (κ1) is 15.5. The first-order chi connectivity index (χ1) is 10.2. The van der Waals surface area contributed by atoms with Crippen LogP contribution < -0.4 is 4.74 Å². The van der Waals surface area contributed by atoms with Crippen LogP contribution in [0, 0.1) is 5.92 Å². The number of rotatable bonds is 5. The molecule has 21 heavy (non-hydrogen) atoms. The molecule has 114 valence electrons. The Morgan fingerprint density at radius 3 is 2.48 bits per heavy atom. The molecule has 1 amide bonds. The van der Waals surface area contributed by atoms with Crippen molar-refractivity contribution in [3.8, 4) is 5.75 Å². The highest BCUT2D eigenvalue weighted by Gasteiger charge is 2.24. The van der Waals surface area contributed by atoms with E-state index in [0.29, 0.717) is 24.4 Å². The summed E-state index contributed by atoms with van der Waals surface area (Å²) in [5.74, 6) is 0.288. The predicted octanol–water partition coefficient (Wildman–Crippen LogP) is 3.26. The number of esters is 1. The zero-order valence-corrected chi connectivity index (χ0v) is 12.8. The van der Waals surface area contributed by atoms with E-state index in [1.165, 1.54) is 0 Å². The van der Waals surface area contributed by atoms with E-state index in [4.69, 9.17) is 4.74 Å². The summed E-state index contributed by atoms with van der Waals surface area (Å²) in [5.41, 5.74) is 0.565. The van der Waals surface area contributed by atoms with E-state index in [1.807, 2.05) is 13.8 Å². The molecule has 0 N–H and O–H groups in total. The van der Waals surface area contributed by atoms with Gasteiger partial charge in [-0.15, -0.1) is 0 Å². The van der Waals surface area contributed by atoms with E-state index in [-0.39, 0.29) is 17.8 Å². The van der Waals surface area contributed by atoms with Crippen molar-refractivity contribution in [3.63, 3.8) is 0 Å². The van der Waals surface area contributed by atoms with Gasteiger partial charge in [-0.3, -0.25) is 9.59 Å². The lowest BCUT2D eigenvalue weighted by atomic mass is 10.1. The molecule has 1 aromatic carbocycles. The Morgan fingerprint density at radius 1 is 1.19 bits per heavy atom. The van der Waals surface area contributed by atoms with Crippen LogP contribution >= 0.6 is 0 Å². The van der Waals surface area contributed by atoms with Crippen molar-refractivity contribution in [3.05, 3.63) is 29.8 Å². The summed E-state index contributed by atoms with van der Waals surface area (Å²) in [6, 6.07) is 6.90. The molecule has 4 nitrogen and oxygen atoms in total. The Balaban J connectivity index is 2.06. The molecule has 1 aromatic rings. The molecule has 0 spiro atoms. The summed E-state index contributed by atoms with van der Waals surface area (Å²) in [6.07, 6.45) is 4.02. The molecule has 1 aliphatic rings. The number of nitrogens with zero attached hydrogens (tertiary/aromatic N) is 1. The van der Waals surface area contributed by atoms with Crippen LogP contribution in [0.1, 0.15) is 49.9 Å². The van der Waals surface area contributed by atoms with Crippen LogP contribution in [0.4, 0.5) is 0 Å². The maximum absolute atomic E-state index is 12.3. The third-order valence-corrected chi connectivity index (χ3v) is 4.04. The molecule has 0 aliphatic heterocycles. The average Bonchev–Trinajstić information content (AvgIpc) is 3.03. The number of carbonyl (C=O) groups is 2. The highest BCUT2D eigenvalue weighted by Crippen LogP contribution is 2.27. The highest BCUT2D eigenvalue weighted by molar-refractivity contribution is 5.94. The molecular formula is C17H23NO3. The second-order valence-corrected chi connectivity index (χ2v) is 5.41. The van der Waals surface area contributed by atoms with Crippen molar-refractivity contribution in [2.75, 3.05) is 13.1 Å². The number of carbonyl (C=O) groups excluding carboxylic acids is 2. The first-order valence-electron chi connectivity index (χ1n) is 7.76. The molecule has 0 heterocycles. The van der Waals surface area contributed by atoms with Crippen molar-refractivity contribution >= 4 is 11.9 Å². The lowest BCUT2D eigenvalue weighted by Gasteiger charge is -2.19. The molecule has 0 atom stereocenters. The number of hydrogen-bond acceptors (Lipinski definition) is 3. The van der Waals surface area contributed by atoms with Crippen molar-refractivity contribution in [2.24, 2.45) is 5.92 Å². The minimum atomic E-state index is -0.167. The molecule has 0 radical (unpaired) electrons. The van der Waals surface area contributed by atoms with Crippen molar-refractivity contribution < 1.29 is 14.3 Å². The van der Waals surface area contributed by atoms with E-state index >= 15 is 0 Å². The minimum absolute atomic E-state index is 0.0205. The molecule has 4 heteroatoms. The van der Waals surface area contributed by atoms with Crippen LogP contribution in [0.3, 0.4) is 0 Å². The van der Waals surface area contributed by atoms with Gasteiger partial charge in [0.1, 0.15) is 5.75 Å². The fraction of sp³-hybridized carbons (Fsp3) is 0.529. The zero-order chi connectivity index (χ0) is 15.2. The zero-order valence-electron chi connectivity index (χ0n) is 12.8. The first-order valence-corrected chi connectivity index (χ1v) is 7.76. The monoisotopic (exact) mass is 289 g/mol. The number of benzene rings is 1. The summed E-state index contributed by atoms with van der Waals surface area (Å²) in [4.78, 5) is 26.1. The Kier molecular flexibility index (Phi) is 5.37. The van der Waals surface area contributed by atoms with E-state index < -0.39 is 0 Å². The van der Waals surface area contributed by atoms with Gasteiger partial charge in [0.15, 0.2) is 0 Å². The Morgan fingerprint density at radius 2 is 1.86 bits per heavy atom. The van der Waals surface area contributed by atoms with Crippen LogP contribution in [-0.4, -0.2) is 29.9 Å². The molecule has 0 unspecified atom stereocenters. The maximum Gasteiger partial charge on any atom is 0.314 e. The fourth-order valence-electron chi connectivity index (χ4n) is 2.75. The molecule has 1 fully saturated rings. The summed E-state index contributed by atoms with van der Waals surface area (Å²) < 4.78 is 5.43. The Bertz CT molecular complexity index is 503.